The Morgan fingerprint density at radius 2 is 1.36 bits per heavy atom. The number of H-pyrrole nitrogens is 2. The number of rotatable bonds is 9. The van der Waals surface area contributed by atoms with Crippen LogP contribution in [0.25, 0.3) is 32.9 Å². The first-order valence-electron chi connectivity index (χ1n) is 20.7. The van der Waals surface area contributed by atoms with Crippen LogP contribution in [0.15, 0.2) is 101 Å². The van der Waals surface area contributed by atoms with Crippen molar-refractivity contribution in [1.29, 1.82) is 0 Å². The quantitative estimate of drug-likeness (QED) is 0.0848. The maximum atomic E-state index is 14.9. The second kappa shape index (κ2) is 17.8. The Hall–Kier alpha value is -7.59. The van der Waals surface area contributed by atoms with E-state index in [4.69, 9.17) is 9.47 Å². The zero-order valence-electron chi connectivity index (χ0n) is 37.0. The van der Waals surface area contributed by atoms with Gasteiger partial charge in [0.1, 0.15) is 29.3 Å². The molecule has 0 aliphatic rings. The molecule has 0 fully saturated rings. The molecular weight excluding hydrogens is 854 g/mol. The molecule has 0 bridgehead atoms. The maximum Gasteiger partial charge on any atom is 0.433 e. The fourth-order valence-electron chi connectivity index (χ4n) is 7.71. The largest absolute Gasteiger partial charge is 0.457 e. The summed E-state index contributed by atoms with van der Waals surface area (Å²) in [7, 11) is 1.36. The van der Waals surface area contributed by atoms with Crippen molar-refractivity contribution in [2.45, 2.75) is 78.2 Å². The second-order valence-corrected chi connectivity index (χ2v) is 16.6. The van der Waals surface area contributed by atoms with Crippen molar-refractivity contribution in [2.75, 3.05) is 0 Å². The van der Waals surface area contributed by atoms with Crippen molar-refractivity contribution in [3.8, 4) is 34.8 Å². The number of carbonyl (C=O) groups is 2. The first-order valence-corrected chi connectivity index (χ1v) is 20.7. The van der Waals surface area contributed by atoms with Gasteiger partial charge in [-0.3, -0.25) is 9.59 Å². The maximum absolute atomic E-state index is 14.9. The van der Waals surface area contributed by atoms with Crippen molar-refractivity contribution in [3.05, 3.63) is 162 Å². The number of halogens is 3. The van der Waals surface area contributed by atoms with E-state index in [9.17, 15) is 42.6 Å². The number of aromatic nitrogens is 4. The molecular formula is C51H45F3N4O8. The van der Waals surface area contributed by atoms with Crippen LogP contribution in [-0.4, -0.2) is 59.1 Å². The molecule has 0 aliphatic heterocycles. The molecule has 3 aromatic carbocycles. The Morgan fingerprint density at radius 1 is 0.773 bits per heavy atom. The number of nitrogens with one attached hydrogen (secondary N) is 2. The zero-order valence-corrected chi connectivity index (χ0v) is 37.0. The van der Waals surface area contributed by atoms with Gasteiger partial charge in [0.15, 0.2) is 0 Å². The number of benzene rings is 3. The third kappa shape index (κ3) is 9.17. The Morgan fingerprint density at radius 3 is 2.00 bits per heavy atom. The molecule has 66 heavy (non-hydrogen) atoms. The Kier molecular flexibility index (Phi) is 12.5. The van der Waals surface area contributed by atoms with Gasteiger partial charge in [0, 0.05) is 47.2 Å². The summed E-state index contributed by atoms with van der Waals surface area (Å²) in [5, 5.41) is 21.9. The van der Waals surface area contributed by atoms with Crippen LogP contribution in [0.5, 0.6) is 0 Å². The molecule has 0 saturated heterocycles. The lowest BCUT2D eigenvalue weighted by Crippen LogP contribution is -2.41. The summed E-state index contributed by atoms with van der Waals surface area (Å²) >= 11 is 0. The number of ether oxygens (including phenoxy) is 2. The first kappa shape index (κ1) is 46.4. The van der Waals surface area contributed by atoms with Crippen molar-refractivity contribution >= 4 is 33.7 Å². The molecule has 2 unspecified atom stereocenters. The number of aryl methyl sites for hydroxylation is 4. The van der Waals surface area contributed by atoms with Gasteiger partial charge in [0.25, 0.3) is 11.1 Å². The highest BCUT2D eigenvalue weighted by Gasteiger charge is 2.54. The van der Waals surface area contributed by atoms with Crippen LogP contribution in [0.1, 0.15) is 80.7 Å². The van der Waals surface area contributed by atoms with E-state index in [1.165, 1.54) is 63.8 Å². The van der Waals surface area contributed by atoms with Crippen molar-refractivity contribution in [1.82, 2.24) is 19.1 Å². The van der Waals surface area contributed by atoms with Gasteiger partial charge in [-0.1, -0.05) is 90.6 Å². The van der Waals surface area contributed by atoms with Crippen LogP contribution in [0.2, 0.25) is 0 Å². The lowest BCUT2D eigenvalue weighted by Gasteiger charge is -2.26. The summed E-state index contributed by atoms with van der Waals surface area (Å²) < 4.78 is 58.5. The highest BCUT2D eigenvalue weighted by molar-refractivity contribution is 6.08. The second-order valence-electron chi connectivity index (χ2n) is 16.6. The highest BCUT2D eigenvalue weighted by atomic mass is 19.4. The van der Waals surface area contributed by atoms with Gasteiger partial charge in [-0.15, -0.1) is 0 Å². The number of fused-ring (bicyclic) bond motifs is 2. The van der Waals surface area contributed by atoms with Gasteiger partial charge in [-0.25, -0.2) is 9.59 Å². The van der Waals surface area contributed by atoms with Crippen LogP contribution in [0.4, 0.5) is 13.2 Å². The van der Waals surface area contributed by atoms with E-state index in [1.54, 1.807) is 55.5 Å². The molecule has 0 spiro atoms. The monoisotopic (exact) mass is 898 g/mol. The summed E-state index contributed by atoms with van der Waals surface area (Å²) in [5.41, 5.74) is -4.06. The fourth-order valence-corrected chi connectivity index (χ4v) is 7.71. The van der Waals surface area contributed by atoms with Gasteiger partial charge >= 0.3 is 18.1 Å². The minimum absolute atomic E-state index is 0.00694. The highest BCUT2D eigenvalue weighted by Crippen LogP contribution is 2.40. The zero-order chi connectivity index (χ0) is 47.9. The first-order chi connectivity index (χ1) is 31.1. The molecule has 7 aromatic rings. The average Bonchev–Trinajstić information content (AvgIpc) is 3.81. The molecule has 0 aliphatic carbocycles. The molecule has 0 saturated carbocycles. The van der Waals surface area contributed by atoms with Crippen LogP contribution in [0.3, 0.4) is 0 Å². The SMILES string of the molecule is Cc1ccccc1-c1cccc(C(O)(C#Cc2cn(C)c(=O)c3[nH]c(C)c(C(=O)OC(C)Cn4cc(C#CC(C)(C)O)c5c(C(=O)OCc6ccccc6)c(C)[nH]c5c4=O)c23)C(F)(F)F)c1. The Labute approximate surface area is 376 Å². The normalized spacial score (nSPS) is 13.0. The summed E-state index contributed by atoms with van der Waals surface area (Å²) in [4.78, 5) is 60.9. The lowest BCUT2D eigenvalue weighted by molar-refractivity contribution is -0.240. The third-order valence-corrected chi connectivity index (χ3v) is 10.9. The summed E-state index contributed by atoms with van der Waals surface area (Å²) in [5.74, 6) is 8.36. The number of hydrogen-bond acceptors (Lipinski definition) is 8. The van der Waals surface area contributed by atoms with Gasteiger partial charge in [-0.05, 0) is 75.8 Å². The minimum Gasteiger partial charge on any atom is -0.457 e. The molecule has 12 nitrogen and oxygen atoms in total. The number of nitrogens with zero attached hydrogens (tertiary/aromatic N) is 2. The molecule has 4 heterocycles. The molecule has 15 heteroatoms. The Bertz CT molecular complexity index is 3310. The molecule has 338 valence electrons. The van der Waals surface area contributed by atoms with E-state index in [-0.39, 0.29) is 62.9 Å². The molecule has 2 atom stereocenters. The van der Waals surface area contributed by atoms with E-state index < -0.39 is 52.1 Å². The number of hydrogen-bond donors (Lipinski definition) is 4. The van der Waals surface area contributed by atoms with Crippen LogP contribution in [0, 0.1) is 44.5 Å². The van der Waals surface area contributed by atoms with Gasteiger partial charge in [0.2, 0.25) is 5.60 Å². The Balaban J connectivity index is 1.24. The predicted molar refractivity (Wildman–Crippen MR) is 243 cm³/mol. The van der Waals surface area contributed by atoms with Crippen LogP contribution in [-0.2, 0) is 35.3 Å². The topological polar surface area (TPSA) is 169 Å². The number of aliphatic hydroxyl groups is 2. The van der Waals surface area contributed by atoms with E-state index in [2.05, 4.69) is 27.7 Å². The lowest BCUT2D eigenvalue weighted by atomic mass is 9.89. The summed E-state index contributed by atoms with van der Waals surface area (Å²) in [6, 6.07) is 21.5. The molecule has 0 radical (unpaired) electrons. The number of pyridine rings is 2. The van der Waals surface area contributed by atoms with Gasteiger partial charge in [0.05, 0.1) is 28.8 Å². The van der Waals surface area contributed by atoms with Crippen LogP contribution < -0.4 is 11.1 Å². The minimum atomic E-state index is -5.29. The van der Waals surface area contributed by atoms with E-state index >= 15 is 0 Å². The van der Waals surface area contributed by atoms with E-state index in [0.717, 1.165) is 21.8 Å². The summed E-state index contributed by atoms with van der Waals surface area (Å²) in [6.07, 6.45) is -3.80. The summed E-state index contributed by atoms with van der Waals surface area (Å²) in [6.45, 7) is 9.04. The van der Waals surface area contributed by atoms with Crippen molar-refractivity contribution < 1.29 is 42.4 Å². The number of carbonyl (C=O) groups excluding carboxylic acids is 2. The van der Waals surface area contributed by atoms with E-state index in [1.807, 2.05) is 25.0 Å². The average molecular weight is 899 g/mol. The predicted octanol–water partition coefficient (Wildman–Crippen LogP) is 7.63. The smallest absolute Gasteiger partial charge is 0.433 e. The molecule has 7 rings (SSSR count). The molecule has 0 amide bonds. The van der Waals surface area contributed by atoms with Crippen molar-refractivity contribution in [2.24, 2.45) is 7.05 Å². The van der Waals surface area contributed by atoms with Crippen molar-refractivity contribution in [3.63, 3.8) is 0 Å². The fraction of sp³-hybridized carbons (Fsp3) is 0.255. The molecule has 4 N–H and O–H groups in total. The number of esters is 2. The molecule has 4 aromatic heterocycles. The number of alkyl halides is 3. The van der Waals surface area contributed by atoms with Crippen LogP contribution >= 0.6 is 0 Å². The third-order valence-electron chi connectivity index (χ3n) is 10.9. The standard InChI is InChI=1S/C51H45F3N4O8/c1-29-14-11-12-19-38(29)34-17-13-18-37(24-34)50(64,51(52,53)54)23-21-35-26-57(7)45(59)43-41(35)40(32(4)55-43)48(62)66-30(2)25-58-27-36(20-22-49(5,6)63)42-39(31(3)56-44(42)46(58)60)47(61)65-28-33-15-9-8-10-16-33/h8-19,24,26-27,30,55-56,63-64H,25,28H2,1-7H3. The number of aromatic amines is 2. The van der Waals surface area contributed by atoms with E-state index in [0.29, 0.717) is 16.8 Å². The van der Waals surface area contributed by atoms with Gasteiger partial charge < -0.3 is 38.8 Å². The van der Waals surface area contributed by atoms with Gasteiger partial charge in [-0.2, -0.15) is 13.2 Å².